The highest BCUT2D eigenvalue weighted by molar-refractivity contribution is 6.21. The fourth-order valence-electron chi connectivity index (χ4n) is 1.23. The third-order valence-electron chi connectivity index (χ3n) is 2.01. The number of aliphatic hydroxyl groups excluding tert-OH is 2. The predicted octanol–water partition coefficient (Wildman–Crippen LogP) is 2.47. The topological polar surface area (TPSA) is 40.5 Å². The second kappa shape index (κ2) is 8.27. The monoisotopic (exact) mass is 220 g/mol. The maximum absolute atomic E-state index is 9.53. The van der Waals surface area contributed by atoms with Crippen molar-refractivity contribution in [1.82, 2.24) is 0 Å². The molecule has 0 aromatic heterocycles. The quantitative estimate of drug-likeness (QED) is 0.511. The van der Waals surface area contributed by atoms with Crippen molar-refractivity contribution in [3.8, 4) is 0 Å². The summed E-state index contributed by atoms with van der Waals surface area (Å²) in [5.74, 6) is 0. The van der Waals surface area contributed by atoms with E-state index in [4.69, 9.17) is 16.7 Å². The fraction of sp³-hybridized carbons (Fsp3) is 0.818. The predicted molar refractivity (Wildman–Crippen MR) is 60.6 cm³/mol. The van der Waals surface area contributed by atoms with Gasteiger partial charge in [-0.15, -0.1) is 11.6 Å². The Morgan fingerprint density at radius 3 is 2.43 bits per heavy atom. The summed E-state index contributed by atoms with van der Waals surface area (Å²) in [5, 5.41) is 18.3. The number of hydrogen-bond acceptors (Lipinski definition) is 2. The normalized spacial score (nSPS) is 18.4. The molecule has 14 heavy (non-hydrogen) atoms. The highest BCUT2D eigenvalue weighted by Crippen LogP contribution is 2.15. The van der Waals surface area contributed by atoms with E-state index in [0.717, 1.165) is 19.3 Å². The summed E-state index contributed by atoms with van der Waals surface area (Å²) < 4.78 is 0. The van der Waals surface area contributed by atoms with Crippen LogP contribution in [0.3, 0.4) is 0 Å². The Balaban J connectivity index is 3.61. The first kappa shape index (κ1) is 13.9. The summed E-state index contributed by atoms with van der Waals surface area (Å²) in [5.41, 5.74) is 0. The Labute approximate surface area is 91.6 Å². The molecule has 0 aromatic carbocycles. The van der Waals surface area contributed by atoms with Gasteiger partial charge in [0, 0.05) is 6.42 Å². The Bertz CT molecular complexity index is 157. The zero-order valence-electron chi connectivity index (χ0n) is 8.99. The summed E-state index contributed by atoms with van der Waals surface area (Å²) in [6.07, 6.45) is 6.10. The van der Waals surface area contributed by atoms with Crippen molar-refractivity contribution in [3.05, 3.63) is 12.2 Å². The van der Waals surface area contributed by atoms with E-state index in [-0.39, 0.29) is 5.38 Å². The highest BCUT2D eigenvalue weighted by atomic mass is 35.5. The van der Waals surface area contributed by atoms with E-state index < -0.39 is 12.2 Å². The lowest BCUT2D eigenvalue weighted by molar-refractivity contribution is 0.0864. The molecule has 0 fully saturated rings. The van der Waals surface area contributed by atoms with E-state index in [0.29, 0.717) is 6.42 Å². The molecule has 0 aliphatic rings. The van der Waals surface area contributed by atoms with Gasteiger partial charge in [0.25, 0.3) is 0 Å². The van der Waals surface area contributed by atoms with Gasteiger partial charge >= 0.3 is 0 Å². The van der Waals surface area contributed by atoms with Gasteiger partial charge in [-0.05, 0) is 26.2 Å². The van der Waals surface area contributed by atoms with Crippen molar-refractivity contribution in [2.75, 3.05) is 0 Å². The van der Waals surface area contributed by atoms with E-state index in [1.807, 2.05) is 0 Å². The molecule has 2 N–H and O–H groups in total. The van der Waals surface area contributed by atoms with Gasteiger partial charge in [0.1, 0.15) is 0 Å². The molecule has 0 radical (unpaired) electrons. The minimum Gasteiger partial charge on any atom is -0.393 e. The number of halogens is 1. The molecule has 0 heterocycles. The molecule has 2 nitrogen and oxygen atoms in total. The average molecular weight is 221 g/mol. The van der Waals surface area contributed by atoms with Gasteiger partial charge in [0.15, 0.2) is 0 Å². The summed E-state index contributed by atoms with van der Waals surface area (Å²) in [6, 6.07) is 0. The Hall–Kier alpha value is -0.0500. The highest BCUT2D eigenvalue weighted by Gasteiger charge is 2.17. The molecule has 0 saturated heterocycles. The van der Waals surface area contributed by atoms with Crippen molar-refractivity contribution in [1.29, 1.82) is 0 Å². The van der Waals surface area contributed by atoms with Crippen LogP contribution in [0.4, 0.5) is 0 Å². The summed E-state index contributed by atoms with van der Waals surface area (Å²) in [4.78, 5) is 0. The first-order valence-corrected chi connectivity index (χ1v) is 5.66. The molecule has 3 atom stereocenters. The van der Waals surface area contributed by atoms with Crippen molar-refractivity contribution in [3.63, 3.8) is 0 Å². The van der Waals surface area contributed by atoms with E-state index in [1.165, 1.54) is 0 Å². The zero-order chi connectivity index (χ0) is 11.0. The third kappa shape index (κ3) is 7.36. The molecule has 0 bridgehead atoms. The molecule has 3 heteroatoms. The van der Waals surface area contributed by atoms with Crippen LogP contribution in [0.2, 0.25) is 0 Å². The van der Waals surface area contributed by atoms with Crippen molar-refractivity contribution >= 4 is 11.6 Å². The molecule has 0 aliphatic carbocycles. The minimum atomic E-state index is -0.605. The second-order valence-electron chi connectivity index (χ2n) is 3.63. The average Bonchev–Trinajstić information content (AvgIpc) is 2.11. The van der Waals surface area contributed by atoms with Crippen LogP contribution < -0.4 is 0 Å². The van der Waals surface area contributed by atoms with Crippen LogP contribution in [0, 0.1) is 0 Å². The van der Waals surface area contributed by atoms with E-state index in [9.17, 15) is 5.11 Å². The minimum absolute atomic E-state index is 0.258. The SMILES string of the molecule is CCC=CCC[C@@H](Cl)[C@@H](O)C[C@@H](C)O. The summed E-state index contributed by atoms with van der Waals surface area (Å²) in [6.45, 7) is 3.74. The van der Waals surface area contributed by atoms with Gasteiger partial charge in [-0.2, -0.15) is 0 Å². The molecular weight excluding hydrogens is 200 g/mol. The number of hydrogen-bond donors (Lipinski definition) is 2. The molecular formula is C11H21ClO2. The molecule has 0 aliphatic heterocycles. The first-order chi connectivity index (χ1) is 6.57. The second-order valence-corrected chi connectivity index (χ2v) is 4.19. The Morgan fingerprint density at radius 1 is 1.29 bits per heavy atom. The Kier molecular flexibility index (Phi) is 8.24. The van der Waals surface area contributed by atoms with Gasteiger partial charge in [0.2, 0.25) is 0 Å². The molecule has 0 aromatic rings. The fourth-order valence-corrected chi connectivity index (χ4v) is 1.46. The van der Waals surface area contributed by atoms with Crippen molar-refractivity contribution in [2.24, 2.45) is 0 Å². The van der Waals surface area contributed by atoms with Crippen LogP contribution in [-0.4, -0.2) is 27.8 Å². The van der Waals surface area contributed by atoms with Crippen molar-refractivity contribution in [2.45, 2.75) is 57.1 Å². The maximum atomic E-state index is 9.53. The lowest BCUT2D eigenvalue weighted by Crippen LogP contribution is -2.24. The van der Waals surface area contributed by atoms with Crippen LogP contribution in [0.15, 0.2) is 12.2 Å². The zero-order valence-corrected chi connectivity index (χ0v) is 9.74. The van der Waals surface area contributed by atoms with Crippen molar-refractivity contribution < 1.29 is 10.2 Å². The number of aliphatic hydroxyl groups is 2. The standard InChI is InChI=1S/C11H21ClO2/c1-3-4-5-6-7-10(12)11(14)8-9(2)13/h4-5,9-11,13-14H,3,6-8H2,1-2H3/t9-,10-,11+/m1/s1. The van der Waals surface area contributed by atoms with Crippen LogP contribution in [0.25, 0.3) is 0 Å². The van der Waals surface area contributed by atoms with E-state index >= 15 is 0 Å². The molecule has 0 spiro atoms. The van der Waals surface area contributed by atoms with E-state index in [2.05, 4.69) is 19.1 Å². The van der Waals surface area contributed by atoms with Gasteiger partial charge in [-0.25, -0.2) is 0 Å². The maximum Gasteiger partial charge on any atom is 0.0728 e. The molecule has 0 amide bonds. The smallest absolute Gasteiger partial charge is 0.0728 e. The molecule has 0 rings (SSSR count). The van der Waals surface area contributed by atoms with Crippen LogP contribution in [0.1, 0.15) is 39.5 Å². The molecule has 0 unspecified atom stereocenters. The third-order valence-corrected chi connectivity index (χ3v) is 2.52. The lowest BCUT2D eigenvalue weighted by atomic mass is 10.1. The molecule has 0 saturated carbocycles. The lowest BCUT2D eigenvalue weighted by Gasteiger charge is -2.17. The summed E-state index contributed by atoms with van der Waals surface area (Å²) in [7, 11) is 0. The van der Waals surface area contributed by atoms with Crippen LogP contribution >= 0.6 is 11.6 Å². The van der Waals surface area contributed by atoms with Gasteiger partial charge < -0.3 is 10.2 Å². The van der Waals surface area contributed by atoms with Gasteiger partial charge in [0.05, 0.1) is 17.6 Å². The Morgan fingerprint density at radius 2 is 1.93 bits per heavy atom. The van der Waals surface area contributed by atoms with Crippen LogP contribution in [0.5, 0.6) is 0 Å². The van der Waals surface area contributed by atoms with Crippen LogP contribution in [-0.2, 0) is 0 Å². The largest absolute Gasteiger partial charge is 0.393 e. The van der Waals surface area contributed by atoms with Gasteiger partial charge in [-0.3, -0.25) is 0 Å². The van der Waals surface area contributed by atoms with Gasteiger partial charge in [-0.1, -0.05) is 19.1 Å². The number of alkyl halides is 1. The summed E-state index contributed by atoms with van der Waals surface area (Å²) >= 11 is 5.96. The number of rotatable bonds is 7. The first-order valence-electron chi connectivity index (χ1n) is 5.23. The molecule has 84 valence electrons. The van der Waals surface area contributed by atoms with E-state index in [1.54, 1.807) is 6.92 Å². The number of allylic oxidation sites excluding steroid dienone is 2.